The number of nitrogens with zero attached hydrogens (tertiary/aromatic N) is 1. The SMILES string of the molecule is O=C(O)[C@@H](CS(=O)(=O)c1ccccc1)N1CCOCC1. The molecular weight excluding hydrogens is 282 g/mol. The zero-order valence-electron chi connectivity index (χ0n) is 10.9. The van der Waals surface area contributed by atoms with Gasteiger partial charge in [0.05, 0.1) is 23.9 Å². The summed E-state index contributed by atoms with van der Waals surface area (Å²) < 4.78 is 29.7. The number of sulfone groups is 1. The van der Waals surface area contributed by atoms with Crippen LogP contribution in [0.2, 0.25) is 0 Å². The summed E-state index contributed by atoms with van der Waals surface area (Å²) in [5, 5.41) is 9.29. The van der Waals surface area contributed by atoms with E-state index in [0.29, 0.717) is 26.3 Å². The fourth-order valence-corrected chi connectivity index (χ4v) is 3.69. The number of rotatable bonds is 5. The molecular formula is C13H17NO5S. The topological polar surface area (TPSA) is 83.9 Å². The monoisotopic (exact) mass is 299 g/mol. The van der Waals surface area contributed by atoms with E-state index in [9.17, 15) is 18.3 Å². The molecule has 0 spiro atoms. The lowest BCUT2D eigenvalue weighted by molar-refractivity contribution is -0.144. The molecule has 1 aliphatic heterocycles. The van der Waals surface area contributed by atoms with E-state index in [-0.39, 0.29) is 4.90 Å². The standard InChI is InChI=1S/C13H17NO5S/c15-13(16)12(14-6-8-19-9-7-14)10-20(17,18)11-4-2-1-3-5-11/h1-5,12H,6-10H2,(H,15,16)/t12-/m1/s1. The summed E-state index contributed by atoms with van der Waals surface area (Å²) in [6.45, 7) is 1.72. The van der Waals surface area contributed by atoms with Gasteiger partial charge in [-0.2, -0.15) is 0 Å². The van der Waals surface area contributed by atoms with Gasteiger partial charge in [-0.15, -0.1) is 0 Å². The second kappa shape index (κ2) is 6.34. The number of carboxylic acids is 1. The summed E-state index contributed by atoms with van der Waals surface area (Å²) in [5.74, 6) is -1.54. The van der Waals surface area contributed by atoms with E-state index in [4.69, 9.17) is 4.74 Å². The van der Waals surface area contributed by atoms with Crippen LogP contribution in [0.4, 0.5) is 0 Å². The molecule has 1 fully saturated rings. The number of carboxylic acid groups (broad SMARTS) is 1. The zero-order valence-corrected chi connectivity index (χ0v) is 11.8. The van der Waals surface area contributed by atoms with Crippen molar-refractivity contribution in [2.24, 2.45) is 0 Å². The van der Waals surface area contributed by atoms with Crippen molar-refractivity contribution in [2.75, 3.05) is 32.1 Å². The molecule has 0 aromatic heterocycles. The van der Waals surface area contributed by atoms with E-state index in [1.54, 1.807) is 23.1 Å². The molecule has 1 heterocycles. The molecule has 1 aromatic rings. The van der Waals surface area contributed by atoms with Gasteiger partial charge < -0.3 is 9.84 Å². The van der Waals surface area contributed by atoms with E-state index >= 15 is 0 Å². The van der Waals surface area contributed by atoms with Crippen molar-refractivity contribution in [3.8, 4) is 0 Å². The van der Waals surface area contributed by atoms with E-state index in [1.165, 1.54) is 12.1 Å². The van der Waals surface area contributed by atoms with E-state index in [1.807, 2.05) is 0 Å². The maximum absolute atomic E-state index is 12.3. The maximum Gasteiger partial charge on any atom is 0.321 e. The van der Waals surface area contributed by atoms with Crippen LogP contribution in [0, 0.1) is 0 Å². The van der Waals surface area contributed by atoms with Crippen molar-refractivity contribution in [3.05, 3.63) is 30.3 Å². The summed E-state index contributed by atoms with van der Waals surface area (Å²) in [6, 6.07) is 6.88. The molecule has 0 radical (unpaired) electrons. The van der Waals surface area contributed by atoms with Crippen molar-refractivity contribution >= 4 is 15.8 Å². The minimum Gasteiger partial charge on any atom is -0.480 e. The zero-order chi connectivity index (χ0) is 14.6. The Bertz CT molecular complexity index is 551. The van der Waals surface area contributed by atoms with Crippen molar-refractivity contribution in [1.82, 2.24) is 4.90 Å². The highest BCUT2D eigenvalue weighted by atomic mass is 32.2. The molecule has 0 bridgehead atoms. The summed E-state index contributed by atoms with van der Waals surface area (Å²) in [4.78, 5) is 13.2. The Kier molecular flexibility index (Phi) is 4.74. The van der Waals surface area contributed by atoms with Gasteiger partial charge in [-0.1, -0.05) is 18.2 Å². The number of aliphatic carboxylic acids is 1. The molecule has 0 amide bonds. The molecule has 1 aliphatic rings. The van der Waals surface area contributed by atoms with Gasteiger partial charge >= 0.3 is 5.97 Å². The van der Waals surface area contributed by atoms with Crippen LogP contribution in [0.3, 0.4) is 0 Å². The van der Waals surface area contributed by atoms with Crippen LogP contribution in [-0.4, -0.2) is 62.5 Å². The molecule has 1 saturated heterocycles. The molecule has 0 saturated carbocycles. The average molecular weight is 299 g/mol. The lowest BCUT2D eigenvalue weighted by Gasteiger charge is -2.31. The third-order valence-corrected chi connectivity index (χ3v) is 5.00. The molecule has 110 valence electrons. The van der Waals surface area contributed by atoms with Crippen molar-refractivity contribution in [2.45, 2.75) is 10.9 Å². The van der Waals surface area contributed by atoms with Crippen LogP contribution in [0.25, 0.3) is 0 Å². The smallest absolute Gasteiger partial charge is 0.321 e. The van der Waals surface area contributed by atoms with Gasteiger partial charge in [0.2, 0.25) is 0 Å². The van der Waals surface area contributed by atoms with Crippen molar-refractivity contribution < 1.29 is 23.1 Å². The predicted molar refractivity (Wildman–Crippen MR) is 72.3 cm³/mol. The van der Waals surface area contributed by atoms with Crippen LogP contribution in [0.15, 0.2) is 35.2 Å². The van der Waals surface area contributed by atoms with Gasteiger partial charge in [-0.3, -0.25) is 9.69 Å². The Labute approximate surface area is 117 Å². The molecule has 20 heavy (non-hydrogen) atoms. The molecule has 0 aliphatic carbocycles. The summed E-state index contributed by atoms with van der Waals surface area (Å²) in [5.41, 5.74) is 0. The Morgan fingerprint density at radius 1 is 1.25 bits per heavy atom. The third-order valence-electron chi connectivity index (χ3n) is 3.25. The van der Waals surface area contributed by atoms with Crippen LogP contribution in [0.1, 0.15) is 0 Å². The lowest BCUT2D eigenvalue weighted by atomic mass is 10.2. The second-order valence-electron chi connectivity index (χ2n) is 4.60. The first-order valence-corrected chi connectivity index (χ1v) is 7.98. The predicted octanol–water partition coefficient (Wildman–Crippen LogP) is 0.246. The highest BCUT2D eigenvalue weighted by Crippen LogP contribution is 2.15. The molecule has 7 heteroatoms. The summed E-state index contributed by atoms with van der Waals surface area (Å²) >= 11 is 0. The van der Waals surface area contributed by atoms with Gasteiger partial charge in [-0.25, -0.2) is 8.42 Å². The quantitative estimate of drug-likeness (QED) is 0.839. The summed E-state index contributed by atoms with van der Waals surface area (Å²) in [7, 11) is -3.62. The Morgan fingerprint density at radius 2 is 1.85 bits per heavy atom. The first-order valence-electron chi connectivity index (χ1n) is 6.33. The highest BCUT2D eigenvalue weighted by Gasteiger charge is 2.32. The van der Waals surface area contributed by atoms with Gasteiger partial charge in [0, 0.05) is 13.1 Å². The van der Waals surface area contributed by atoms with Gasteiger partial charge in [0.15, 0.2) is 9.84 Å². The van der Waals surface area contributed by atoms with E-state index in [2.05, 4.69) is 0 Å². The minimum atomic E-state index is -3.62. The minimum absolute atomic E-state index is 0.152. The first kappa shape index (κ1) is 15.0. The van der Waals surface area contributed by atoms with Gasteiger partial charge in [-0.05, 0) is 12.1 Å². The molecule has 1 atom stereocenters. The molecule has 2 rings (SSSR count). The largest absolute Gasteiger partial charge is 0.480 e. The number of carbonyl (C=O) groups is 1. The van der Waals surface area contributed by atoms with Gasteiger partial charge in [0.25, 0.3) is 0 Å². The number of benzene rings is 1. The lowest BCUT2D eigenvalue weighted by Crippen LogP contribution is -2.50. The van der Waals surface area contributed by atoms with Crippen LogP contribution in [0.5, 0.6) is 0 Å². The fourth-order valence-electron chi connectivity index (χ4n) is 2.15. The number of hydrogen-bond acceptors (Lipinski definition) is 5. The van der Waals surface area contributed by atoms with Crippen LogP contribution in [-0.2, 0) is 19.4 Å². The average Bonchev–Trinajstić information content (AvgIpc) is 2.46. The van der Waals surface area contributed by atoms with E-state index < -0.39 is 27.6 Å². The normalized spacial score (nSPS) is 18.6. The Hall–Kier alpha value is -1.44. The molecule has 0 unspecified atom stereocenters. The molecule has 1 aromatic carbocycles. The maximum atomic E-state index is 12.3. The van der Waals surface area contributed by atoms with Crippen LogP contribution >= 0.6 is 0 Å². The summed E-state index contributed by atoms with van der Waals surface area (Å²) in [6.07, 6.45) is 0. The number of ether oxygens (including phenoxy) is 1. The van der Waals surface area contributed by atoms with E-state index in [0.717, 1.165) is 0 Å². The first-order chi connectivity index (χ1) is 9.50. The van der Waals surface area contributed by atoms with Crippen LogP contribution < -0.4 is 0 Å². The third kappa shape index (κ3) is 3.56. The Morgan fingerprint density at radius 3 is 2.40 bits per heavy atom. The second-order valence-corrected chi connectivity index (χ2v) is 6.63. The number of morpholine rings is 1. The van der Waals surface area contributed by atoms with Crippen molar-refractivity contribution in [1.29, 1.82) is 0 Å². The molecule has 1 N–H and O–H groups in total. The van der Waals surface area contributed by atoms with Gasteiger partial charge in [0.1, 0.15) is 6.04 Å². The molecule has 6 nitrogen and oxygen atoms in total. The Balaban J connectivity index is 2.17. The highest BCUT2D eigenvalue weighted by molar-refractivity contribution is 7.91. The van der Waals surface area contributed by atoms with Crippen molar-refractivity contribution in [3.63, 3.8) is 0 Å². The fraction of sp³-hybridized carbons (Fsp3) is 0.462. The number of hydrogen-bond donors (Lipinski definition) is 1.